The van der Waals surface area contributed by atoms with Gasteiger partial charge in [-0.15, -0.1) is 5.10 Å². The quantitative estimate of drug-likeness (QED) is 0.101. The Morgan fingerprint density at radius 2 is 1.76 bits per heavy atom. The molecule has 1 saturated carbocycles. The second-order valence-electron chi connectivity index (χ2n) is 13.7. The number of carboxylic acid groups (broad SMARTS) is 1. The molecule has 2 fully saturated rings. The maximum atomic E-state index is 14.6. The van der Waals surface area contributed by atoms with Crippen LogP contribution in [0.15, 0.2) is 18.7 Å². The van der Waals surface area contributed by atoms with Gasteiger partial charge in [0.1, 0.15) is 23.4 Å². The lowest BCUT2D eigenvalue weighted by Gasteiger charge is -2.32. The van der Waals surface area contributed by atoms with E-state index in [0.717, 1.165) is 32.1 Å². The number of rotatable bonds is 16. The van der Waals surface area contributed by atoms with Gasteiger partial charge >= 0.3 is 6.09 Å². The van der Waals surface area contributed by atoms with Gasteiger partial charge in [-0.3, -0.25) is 24.0 Å². The van der Waals surface area contributed by atoms with Crippen LogP contribution in [-0.2, 0) is 31.8 Å². The Balaban J connectivity index is 1.63. The summed E-state index contributed by atoms with van der Waals surface area (Å²) in [7, 11) is 1.66. The molecule has 5 amide bonds. The van der Waals surface area contributed by atoms with E-state index in [2.05, 4.69) is 31.2 Å². The lowest BCUT2D eigenvalue weighted by molar-refractivity contribution is -0.142. The van der Waals surface area contributed by atoms with Crippen LogP contribution in [0.3, 0.4) is 0 Å². The minimum atomic E-state index is -1.35. The molecular weight excluding hydrogens is 652 g/mol. The highest BCUT2D eigenvalue weighted by Gasteiger charge is 2.45. The summed E-state index contributed by atoms with van der Waals surface area (Å²) in [6.07, 6.45) is 8.93. The Morgan fingerprint density at radius 3 is 2.38 bits per heavy atom. The van der Waals surface area contributed by atoms with Crippen LogP contribution in [-0.4, -0.2) is 106 Å². The smallest absolute Gasteiger partial charge is 0.404 e. The fourth-order valence-corrected chi connectivity index (χ4v) is 6.80. The van der Waals surface area contributed by atoms with Gasteiger partial charge in [-0.05, 0) is 45.4 Å². The van der Waals surface area contributed by atoms with E-state index < -0.39 is 65.3 Å². The van der Waals surface area contributed by atoms with Gasteiger partial charge in [-0.1, -0.05) is 37.3 Å². The molecule has 2 aromatic rings. The second-order valence-corrected chi connectivity index (χ2v) is 13.7. The van der Waals surface area contributed by atoms with Gasteiger partial charge in [0.2, 0.25) is 17.6 Å². The third kappa shape index (κ3) is 9.64. The van der Waals surface area contributed by atoms with Crippen molar-refractivity contribution in [2.24, 2.45) is 18.7 Å². The van der Waals surface area contributed by atoms with E-state index in [4.69, 9.17) is 10.8 Å². The number of unbranched alkanes of at least 4 members (excludes halogenated alkanes) is 1. The molecule has 0 spiro atoms. The minimum Gasteiger partial charge on any atom is -0.465 e. The third-order valence-electron chi connectivity index (χ3n) is 9.43. The Bertz CT molecular complexity index is 1540. The number of primary amides is 1. The number of nitrogens with zero attached hydrogens (tertiary/aromatic N) is 6. The predicted octanol–water partition coefficient (Wildman–Crippen LogP) is 0.127. The van der Waals surface area contributed by atoms with E-state index >= 15 is 0 Å². The van der Waals surface area contributed by atoms with E-state index in [1.54, 1.807) is 20.9 Å². The lowest BCUT2D eigenvalue weighted by atomic mass is 9.84. The van der Waals surface area contributed by atoms with E-state index in [1.807, 2.05) is 0 Å². The first-order valence-corrected chi connectivity index (χ1v) is 17.0. The number of likely N-dealkylation sites (tertiary alicyclic amines) is 1. The Hall–Kier alpha value is -4.87. The highest BCUT2D eigenvalue weighted by molar-refractivity contribution is 6.37. The maximum Gasteiger partial charge on any atom is 0.404 e. The van der Waals surface area contributed by atoms with Gasteiger partial charge in [0.25, 0.3) is 11.8 Å². The molecular formula is C32H48N10O8. The van der Waals surface area contributed by atoms with Crippen LogP contribution in [0.4, 0.5) is 4.79 Å². The number of hydrogen-bond acceptors (Lipinski definition) is 10. The highest BCUT2D eigenvalue weighted by atomic mass is 16.4. The molecule has 18 nitrogen and oxygen atoms in total. The zero-order chi connectivity index (χ0) is 36.6. The first-order valence-electron chi connectivity index (χ1n) is 17.0. The van der Waals surface area contributed by atoms with Crippen molar-refractivity contribution in [1.82, 2.24) is 45.4 Å². The molecule has 2 aromatic heterocycles. The number of Topliss-reactive ketones (excluding diaryl/α,β-unsaturated/α-hetero) is 1. The fourth-order valence-electron chi connectivity index (χ4n) is 6.80. The number of carbonyl (C=O) groups excluding carboxylic acids is 5. The first-order chi connectivity index (χ1) is 23.7. The summed E-state index contributed by atoms with van der Waals surface area (Å²) in [5.41, 5.74) is 4.56. The standard InChI is InChI=1S/C32H48N10O8/c1-32(2,50)25-16-36-39-42(25)20-14-23(28(45)37-21(26(43)27(33)44)11-7-8-12-35-31(48)49)41(17-20)30(47)22(13-19-9-5-4-6-10-19)38-29(46)24-15-34-18-40(24)3/h15-16,18-23,35,50H,4-14,17H2,1-3H3,(H2,33,44)(H,37,45)(H,38,46)(H,48,49)/t20-,21?,22?,23-/m0/s1. The summed E-state index contributed by atoms with van der Waals surface area (Å²) < 4.78 is 3.01. The number of aliphatic hydroxyl groups is 1. The van der Waals surface area contributed by atoms with Crippen molar-refractivity contribution in [2.45, 2.75) is 108 Å². The van der Waals surface area contributed by atoms with Crippen molar-refractivity contribution in [1.29, 1.82) is 0 Å². The number of carbonyl (C=O) groups is 6. The van der Waals surface area contributed by atoms with Crippen molar-refractivity contribution in [3.8, 4) is 0 Å². The summed E-state index contributed by atoms with van der Waals surface area (Å²) in [4.78, 5) is 82.9. The molecule has 274 valence electrons. The molecule has 0 aromatic carbocycles. The second kappa shape index (κ2) is 16.7. The van der Waals surface area contributed by atoms with Gasteiger partial charge in [-0.25, -0.2) is 14.5 Å². The summed E-state index contributed by atoms with van der Waals surface area (Å²) >= 11 is 0. The van der Waals surface area contributed by atoms with Crippen LogP contribution in [0.5, 0.6) is 0 Å². The minimum absolute atomic E-state index is 0.00407. The van der Waals surface area contributed by atoms with Crippen LogP contribution in [0.1, 0.15) is 100 Å². The molecule has 2 aliphatic rings. The largest absolute Gasteiger partial charge is 0.465 e. The summed E-state index contributed by atoms with van der Waals surface area (Å²) in [6, 6.07) is -4.09. The topological polar surface area (TPSA) is 257 Å². The van der Waals surface area contributed by atoms with Crippen molar-refractivity contribution < 1.29 is 39.0 Å². The van der Waals surface area contributed by atoms with Gasteiger partial charge < -0.3 is 41.4 Å². The predicted molar refractivity (Wildman–Crippen MR) is 176 cm³/mol. The molecule has 0 radical (unpaired) electrons. The Morgan fingerprint density at radius 1 is 1.04 bits per heavy atom. The zero-order valence-electron chi connectivity index (χ0n) is 28.7. The van der Waals surface area contributed by atoms with Crippen LogP contribution in [0.2, 0.25) is 0 Å². The van der Waals surface area contributed by atoms with E-state index in [1.165, 1.54) is 32.9 Å². The lowest BCUT2D eigenvalue weighted by Crippen LogP contribution is -2.56. The third-order valence-corrected chi connectivity index (χ3v) is 9.43. The van der Waals surface area contributed by atoms with Crippen LogP contribution >= 0.6 is 0 Å². The van der Waals surface area contributed by atoms with Crippen molar-refractivity contribution in [3.05, 3.63) is 30.1 Å². The highest BCUT2D eigenvalue weighted by Crippen LogP contribution is 2.33. The first kappa shape index (κ1) is 37.9. The van der Waals surface area contributed by atoms with Crippen molar-refractivity contribution >= 4 is 35.5 Å². The molecule has 3 heterocycles. The normalized spacial score (nSPS) is 19.4. The molecule has 18 heteroatoms. The van der Waals surface area contributed by atoms with Gasteiger partial charge in [0, 0.05) is 26.6 Å². The summed E-state index contributed by atoms with van der Waals surface area (Å²) in [5, 5.41) is 35.5. The number of imidazole rings is 1. The molecule has 50 heavy (non-hydrogen) atoms. The van der Waals surface area contributed by atoms with E-state index in [0.29, 0.717) is 18.5 Å². The fraction of sp³-hybridized carbons (Fsp3) is 0.656. The number of hydrogen-bond donors (Lipinski definition) is 6. The van der Waals surface area contributed by atoms with Gasteiger partial charge in [0.05, 0.1) is 36.5 Å². The Labute approximate surface area is 289 Å². The molecule has 2 unspecified atom stereocenters. The van der Waals surface area contributed by atoms with Crippen LogP contribution in [0.25, 0.3) is 0 Å². The number of nitrogens with two attached hydrogens (primary N) is 1. The number of amides is 5. The number of ketones is 1. The number of aryl methyl sites for hydroxylation is 1. The molecule has 4 atom stereocenters. The monoisotopic (exact) mass is 700 g/mol. The molecule has 1 aliphatic carbocycles. The SMILES string of the molecule is Cn1cncc1C(=O)NC(CC1CCCCC1)C(=O)N1C[C@@H](n2nncc2C(C)(C)O)C[C@H]1C(=O)NC(CCCCNC(=O)O)C(=O)C(N)=O. The summed E-state index contributed by atoms with van der Waals surface area (Å²) in [5.74, 6) is -3.84. The van der Waals surface area contributed by atoms with Gasteiger partial charge in [-0.2, -0.15) is 0 Å². The van der Waals surface area contributed by atoms with E-state index in [9.17, 15) is 33.9 Å². The van der Waals surface area contributed by atoms with Gasteiger partial charge in [0.15, 0.2) is 0 Å². The average Bonchev–Trinajstić information content (AvgIpc) is 3.83. The molecule has 0 bridgehead atoms. The molecule has 7 N–H and O–H groups in total. The van der Waals surface area contributed by atoms with E-state index in [-0.39, 0.29) is 44.0 Å². The van der Waals surface area contributed by atoms with Crippen LogP contribution < -0.4 is 21.7 Å². The average molecular weight is 701 g/mol. The maximum absolute atomic E-state index is 14.6. The number of aromatic nitrogens is 5. The summed E-state index contributed by atoms with van der Waals surface area (Å²) in [6.45, 7) is 3.19. The number of nitrogens with one attached hydrogen (secondary N) is 3. The van der Waals surface area contributed by atoms with Crippen LogP contribution in [0, 0.1) is 5.92 Å². The van der Waals surface area contributed by atoms with Crippen molar-refractivity contribution in [3.63, 3.8) is 0 Å². The molecule has 1 aliphatic heterocycles. The molecule has 1 saturated heterocycles. The zero-order valence-corrected chi connectivity index (χ0v) is 28.7. The molecule has 4 rings (SSSR count). The van der Waals surface area contributed by atoms with Crippen molar-refractivity contribution in [2.75, 3.05) is 13.1 Å². The Kier molecular flexibility index (Phi) is 12.7.